The molecule has 3 N–H and O–H groups in total. The highest BCUT2D eigenvalue weighted by Gasteiger charge is 2.12. The van der Waals surface area contributed by atoms with Crippen LogP contribution in [0.5, 0.6) is 5.75 Å². The van der Waals surface area contributed by atoms with Crippen LogP contribution in [0.4, 0.5) is 5.82 Å². The maximum absolute atomic E-state index is 5.95. The minimum Gasteiger partial charge on any atom is -0.496 e. The molecule has 0 radical (unpaired) electrons. The van der Waals surface area contributed by atoms with Crippen LogP contribution in [-0.2, 0) is 11.3 Å². The quantitative estimate of drug-likeness (QED) is 0.650. The molecule has 0 atom stereocenters. The van der Waals surface area contributed by atoms with Crippen LogP contribution in [0.2, 0.25) is 5.02 Å². The number of hydrazine groups is 1. The van der Waals surface area contributed by atoms with Gasteiger partial charge in [0.25, 0.3) is 0 Å². The zero-order chi connectivity index (χ0) is 14.5. The first-order valence-electron chi connectivity index (χ1n) is 5.85. The van der Waals surface area contributed by atoms with Crippen LogP contribution in [0.25, 0.3) is 11.4 Å². The summed E-state index contributed by atoms with van der Waals surface area (Å²) in [4.78, 5) is 8.74. The Morgan fingerprint density at radius 1 is 1.25 bits per heavy atom. The van der Waals surface area contributed by atoms with Crippen molar-refractivity contribution in [3.05, 3.63) is 35.0 Å². The first kappa shape index (κ1) is 14.5. The molecule has 0 fully saturated rings. The molecule has 7 heteroatoms. The van der Waals surface area contributed by atoms with E-state index in [0.29, 0.717) is 34.7 Å². The van der Waals surface area contributed by atoms with Crippen LogP contribution in [0, 0.1) is 0 Å². The van der Waals surface area contributed by atoms with Crippen molar-refractivity contribution in [2.75, 3.05) is 19.6 Å². The summed E-state index contributed by atoms with van der Waals surface area (Å²) in [6.07, 6.45) is 0. The van der Waals surface area contributed by atoms with E-state index in [-0.39, 0.29) is 0 Å². The number of nitrogens with two attached hydrogens (primary N) is 1. The molecule has 0 spiro atoms. The molecular weight excluding hydrogens is 280 g/mol. The van der Waals surface area contributed by atoms with Crippen molar-refractivity contribution >= 4 is 17.4 Å². The molecule has 1 heterocycles. The largest absolute Gasteiger partial charge is 0.496 e. The Bertz CT molecular complexity index is 607. The van der Waals surface area contributed by atoms with Crippen molar-refractivity contribution in [1.82, 2.24) is 9.97 Å². The van der Waals surface area contributed by atoms with Crippen LogP contribution in [0.1, 0.15) is 5.69 Å². The molecule has 0 saturated heterocycles. The summed E-state index contributed by atoms with van der Waals surface area (Å²) in [5, 5.41) is 0.579. The average molecular weight is 295 g/mol. The Morgan fingerprint density at radius 2 is 2.05 bits per heavy atom. The van der Waals surface area contributed by atoms with Gasteiger partial charge in [0.1, 0.15) is 11.6 Å². The first-order valence-corrected chi connectivity index (χ1v) is 6.23. The van der Waals surface area contributed by atoms with Gasteiger partial charge in [0.05, 0.1) is 25.0 Å². The van der Waals surface area contributed by atoms with Gasteiger partial charge in [-0.15, -0.1) is 0 Å². The summed E-state index contributed by atoms with van der Waals surface area (Å²) < 4.78 is 10.4. The first-order chi connectivity index (χ1) is 9.67. The molecule has 1 aromatic carbocycles. The van der Waals surface area contributed by atoms with Gasteiger partial charge in [-0.05, 0) is 18.2 Å². The van der Waals surface area contributed by atoms with Crippen molar-refractivity contribution in [1.29, 1.82) is 0 Å². The Morgan fingerprint density at radius 3 is 2.70 bits per heavy atom. The number of nitrogens with one attached hydrogen (secondary N) is 1. The van der Waals surface area contributed by atoms with E-state index in [9.17, 15) is 0 Å². The number of nitrogen functional groups attached to an aromatic ring is 1. The van der Waals surface area contributed by atoms with Crippen LogP contribution in [0.3, 0.4) is 0 Å². The molecule has 0 amide bonds. The number of halogens is 1. The normalized spacial score (nSPS) is 10.4. The molecule has 6 nitrogen and oxygen atoms in total. The summed E-state index contributed by atoms with van der Waals surface area (Å²) in [5.74, 6) is 7.00. The lowest BCUT2D eigenvalue weighted by Gasteiger charge is -2.10. The van der Waals surface area contributed by atoms with Gasteiger partial charge in [-0.1, -0.05) is 11.6 Å². The molecule has 20 heavy (non-hydrogen) atoms. The topological polar surface area (TPSA) is 82.3 Å². The predicted molar refractivity (Wildman–Crippen MR) is 77.6 cm³/mol. The van der Waals surface area contributed by atoms with Crippen LogP contribution >= 0.6 is 11.6 Å². The van der Waals surface area contributed by atoms with E-state index in [2.05, 4.69) is 15.4 Å². The van der Waals surface area contributed by atoms with E-state index in [1.54, 1.807) is 38.5 Å². The van der Waals surface area contributed by atoms with Crippen LogP contribution < -0.4 is 16.0 Å². The van der Waals surface area contributed by atoms with E-state index in [0.717, 1.165) is 5.56 Å². The number of anilines is 1. The maximum Gasteiger partial charge on any atom is 0.165 e. The summed E-state index contributed by atoms with van der Waals surface area (Å²) in [7, 11) is 3.16. The smallest absolute Gasteiger partial charge is 0.165 e. The van der Waals surface area contributed by atoms with Crippen molar-refractivity contribution in [2.45, 2.75) is 6.61 Å². The molecule has 2 rings (SSSR count). The molecule has 0 aliphatic heterocycles. The van der Waals surface area contributed by atoms with Crippen molar-refractivity contribution < 1.29 is 9.47 Å². The molecule has 0 bridgehead atoms. The Balaban J connectivity index is 2.53. The van der Waals surface area contributed by atoms with Crippen molar-refractivity contribution in [3.8, 4) is 17.1 Å². The zero-order valence-electron chi connectivity index (χ0n) is 11.2. The van der Waals surface area contributed by atoms with Crippen LogP contribution in [0.15, 0.2) is 24.3 Å². The minimum atomic E-state index is 0.361. The highest BCUT2D eigenvalue weighted by atomic mass is 35.5. The third-order valence-electron chi connectivity index (χ3n) is 2.62. The van der Waals surface area contributed by atoms with E-state index in [4.69, 9.17) is 26.9 Å². The highest BCUT2D eigenvalue weighted by molar-refractivity contribution is 6.30. The Kier molecular flexibility index (Phi) is 4.73. The number of ether oxygens (including phenoxy) is 2. The fraction of sp³-hybridized carbons (Fsp3) is 0.231. The number of nitrogens with zero attached hydrogens (tertiary/aromatic N) is 2. The number of benzene rings is 1. The highest BCUT2D eigenvalue weighted by Crippen LogP contribution is 2.31. The van der Waals surface area contributed by atoms with E-state index < -0.39 is 0 Å². The van der Waals surface area contributed by atoms with E-state index in [1.165, 1.54) is 0 Å². The standard InChI is InChI=1S/C13H15ClN4O2/c1-19-7-9-6-12(18-15)17-13(16-9)10-4-3-8(14)5-11(10)20-2/h3-6H,7,15H2,1-2H3,(H,16,17,18). The number of rotatable bonds is 5. The van der Waals surface area contributed by atoms with Gasteiger partial charge in [-0.3, -0.25) is 0 Å². The van der Waals surface area contributed by atoms with Gasteiger partial charge in [0, 0.05) is 18.2 Å². The molecular formula is C13H15ClN4O2. The molecule has 1 aromatic heterocycles. The Labute approximate surface area is 121 Å². The second-order valence-electron chi connectivity index (χ2n) is 3.99. The summed E-state index contributed by atoms with van der Waals surface area (Å²) in [6.45, 7) is 0.361. The zero-order valence-corrected chi connectivity index (χ0v) is 11.9. The fourth-order valence-corrected chi connectivity index (χ4v) is 1.93. The second kappa shape index (κ2) is 6.51. The van der Waals surface area contributed by atoms with Gasteiger partial charge < -0.3 is 14.9 Å². The molecule has 0 aliphatic carbocycles. The van der Waals surface area contributed by atoms with Gasteiger partial charge in [-0.2, -0.15) is 0 Å². The van der Waals surface area contributed by atoms with Crippen molar-refractivity contribution in [3.63, 3.8) is 0 Å². The SMILES string of the molecule is COCc1cc(NN)nc(-c2ccc(Cl)cc2OC)n1. The lowest BCUT2D eigenvalue weighted by atomic mass is 10.2. The summed E-state index contributed by atoms with van der Waals surface area (Å²) >= 11 is 5.95. The minimum absolute atomic E-state index is 0.361. The molecule has 106 valence electrons. The molecule has 0 saturated carbocycles. The lowest BCUT2D eigenvalue weighted by molar-refractivity contribution is 0.181. The number of hydrogen-bond acceptors (Lipinski definition) is 6. The number of hydrogen-bond donors (Lipinski definition) is 2. The molecule has 0 unspecified atom stereocenters. The second-order valence-corrected chi connectivity index (χ2v) is 4.43. The summed E-state index contributed by atoms with van der Waals surface area (Å²) in [5.41, 5.74) is 3.95. The fourth-order valence-electron chi connectivity index (χ4n) is 1.76. The molecule has 2 aromatic rings. The van der Waals surface area contributed by atoms with Gasteiger partial charge in [-0.25, -0.2) is 15.8 Å². The van der Waals surface area contributed by atoms with Gasteiger partial charge in [0.2, 0.25) is 0 Å². The van der Waals surface area contributed by atoms with Crippen molar-refractivity contribution in [2.24, 2.45) is 5.84 Å². The maximum atomic E-state index is 5.95. The summed E-state index contributed by atoms with van der Waals surface area (Å²) in [6, 6.07) is 6.98. The number of aromatic nitrogens is 2. The third kappa shape index (κ3) is 3.16. The lowest BCUT2D eigenvalue weighted by Crippen LogP contribution is -2.11. The van der Waals surface area contributed by atoms with E-state index in [1.807, 2.05) is 0 Å². The Hall–Kier alpha value is -1.89. The van der Waals surface area contributed by atoms with Gasteiger partial charge in [0.15, 0.2) is 5.82 Å². The number of methoxy groups -OCH3 is 2. The molecule has 0 aliphatic rings. The average Bonchev–Trinajstić information content (AvgIpc) is 2.47. The van der Waals surface area contributed by atoms with E-state index >= 15 is 0 Å². The van der Waals surface area contributed by atoms with Crippen LogP contribution in [-0.4, -0.2) is 24.2 Å². The monoisotopic (exact) mass is 294 g/mol. The van der Waals surface area contributed by atoms with Gasteiger partial charge >= 0.3 is 0 Å². The predicted octanol–water partition coefficient (Wildman–Crippen LogP) is 2.24. The third-order valence-corrected chi connectivity index (χ3v) is 2.86.